The first kappa shape index (κ1) is 44.7. The lowest BCUT2D eigenvalue weighted by atomic mass is 9.86. The summed E-state index contributed by atoms with van der Waals surface area (Å²) in [6.45, 7) is 2.13. The molecule has 0 N–H and O–H groups in total. The molecule has 0 saturated carbocycles. The van der Waals surface area contributed by atoms with Crippen molar-refractivity contribution in [2.75, 3.05) is 0 Å². The topological polar surface area (TPSA) is 38.7 Å². The monoisotopic (exact) mass is 911 g/mol. The first-order valence-corrected chi connectivity index (χ1v) is 24.6. The molecule has 0 radical (unpaired) electrons. The molecular formula is C68H53N3. The van der Waals surface area contributed by atoms with Crippen LogP contribution >= 0.6 is 0 Å². The molecule has 0 saturated heterocycles. The van der Waals surface area contributed by atoms with Crippen LogP contribution in [0.2, 0.25) is 0 Å². The van der Waals surface area contributed by atoms with E-state index in [1.54, 1.807) is 0 Å². The number of nitrogens with zero attached hydrogens (tertiary/aromatic N) is 3. The number of aryl methyl sites for hydroxylation is 5. The van der Waals surface area contributed by atoms with E-state index in [1.165, 1.54) is 77.9 Å². The van der Waals surface area contributed by atoms with Crippen molar-refractivity contribution in [1.82, 2.24) is 15.0 Å². The quantitative estimate of drug-likeness (QED) is 0.109. The molecule has 0 amide bonds. The third-order valence-electron chi connectivity index (χ3n) is 13.5. The highest BCUT2D eigenvalue weighted by atomic mass is 14.7. The van der Waals surface area contributed by atoms with Crippen molar-refractivity contribution in [1.29, 1.82) is 0 Å². The van der Waals surface area contributed by atoms with Gasteiger partial charge in [0.1, 0.15) is 0 Å². The van der Waals surface area contributed by atoms with Crippen molar-refractivity contribution in [3.63, 3.8) is 0 Å². The molecular weight excluding hydrogens is 859 g/mol. The van der Waals surface area contributed by atoms with Gasteiger partial charge in [0.2, 0.25) is 0 Å². The molecule has 3 heteroatoms. The number of aromatic nitrogens is 3. The fraction of sp³-hybridized carbons (Fsp3) is 0.0735. The summed E-state index contributed by atoms with van der Waals surface area (Å²) in [5, 5.41) is 0. The molecule has 0 bridgehead atoms. The zero-order chi connectivity index (χ0) is 47.8. The van der Waals surface area contributed by atoms with Gasteiger partial charge in [-0.15, -0.1) is 0 Å². The standard InChI is InChI=1S/C68H53N3/c1-48-38-41-71-68(42-48)60-36-37-64(65(47-60)59-15-11-14-58(46-59)55-34-32-54(33-35-55)53-12-3-2-4-13-53)63-17-6-5-16-62(63)61-44-51(22-20-49-24-28-56(29-25-49)66-18-7-9-39-69-66)43-52(45-61)23-21-50-26-30-57(31-27-50)67-19-8-10-40-70-67/h2-19,24-47H,20-23H2,1H3. The van der Waals surface area contributed by atoms with E-state index in [1.807, 2.05) is 42.9 Å². The van der Waals surface area contributed by atoms with Crippen LogP contribution in [0.1, 0.15) is 27.8 Å². The smallest absolute Gasteiger partial charge is 0.0704 e. The van der Waals surface area contributed by atoms with Crippen LogP contribution in [-0.2, 0) is 25.7 Å². The van der Waals surface area contributed by atoms with Crippen LogP contribution in [0.25, 0.3) is 89.4 Å². The molecule has 0 fully saturated rings. The van der Waals surface area contributed by atoms with Gasteiger partial charge >= 0.3 is 0 Å². The third-order valence-corrected chi connectivity index (χ3v) is 13.5. The van der Waals surface area contributed by atoms with E-state index in [-0.39, 0.29) is 0 Å². The van der Waals surface area contributed by atoms with E-state index < -0.39 is 0 Å². The summed E-state index contributed by atoms with van der Waals surface area (Å²) >= 11 is 0. The Labute approximate surface area is 417 Å². The lowest BCUT2D eigenvalue weighted by Gasteiger charge is -2.18. The minimum Gasteiger partial charge on any atom is -0.256 e. The van der Waals surface area contributed by atoms with Crippen LogP contribution in [0.3, 0.4) is 0 Å². The largest absolute Gasteiger partial charge is 0.256 e. The SMILES string of the molecule is Cc1ccnc(-c2ccc(-c3ccccc3-c3cc(CCc4ccc(-c5ccccn5)cc4)cc(CCc4ccc(-c5ccccn5)cc4)c3)c(-c3cccc(-c4ccc(-c5ccccc5)cc4)c3)c2)c1. The van der Waals surface area contributed by atoms with Crippen LogP contribution in [0, 0.1) is 6.92 Å². The van der Waals surface area contributed by atoms with Crippen LogP contribution in [0.5, 0.6) is 0 Å². The molecule has 11 rings (SSSR count). The molecule has 0 aliphatic heterocycles. The first-order valence-electron chi connectivity index (χ1n) is 24.6. The predicted octanol–water partition coefficient (Wildman–Crippen LogP) is 17.1. The van der Waals surface area contributed by atoms with Gasteiger partial charge in [-0.05, 0) is 165 Å². The maximum absolute atomic E-state index is 4.84. The molecule has 3 heterocycles. The highest BCUT2D eigenvalue weighted by Crippen LogP contribution is 2.42. The van der Waals surface area contributed by atoms with Crippen molar-refractivity contribution in [3.8, 4) is 89.4 Å². The molecule has 71 heavy (non-hydrogen) atoms. The summed E-state index contributed by atoms with van der Waals surface area (Å²) in [5.41, 5.74) is 24.7. The van der Waals surface area contributed by atoms with Gasteiger partial charge in [0.25, 0.3) is 0 Å². The molecule has 8 aromatic carbocycles. The summed E-state index contributed by atoms with van der Waals surface area (Å²) in [7, 11) is 0. The van der Waals surface area contributed by atoms with Crippen molar-refractivity contribution < 1.29 is 0 Å². The van der Waals surface area contributed by atoms with E-state index >= 15 is 0 Å². The molecule has 3 aromatic heterocycles. The van der Waals surface area contributed by atoms with Gasteiger partial charge in [0.15, 0.2) is 0 Å². The summed E-state index contributed by atoms with van der Waals surface area (Å²) in [5.74, 6) is 0. The van der Waals surface area contributed by atoms with Gasteiger partial charge in [0, 0.05) is 35.3 Å². The lowest BCUT2D eigenvalue weighted by Crippen LogP contribution is -1.98. The molecule has 0 spiro atoms. The van der Waals surface area contributed by atoms with Gasteiger partial charge in [0.05, 0.1) is 17.1 Å². The van der Waals surface area contributed by atoms with Gasteiger partial charge in [-0.2, -0.15) is 0 Å². The van der Waals surface area contributed by atoms with Gasteiger partial charge in [-0.3, -0.25) is 15.0 Å². The maximum atomic E-state index is 4.84. The molecule has 0 unspecified atom stereocenters. The molecule has 11 aromatic rings. The Morgan fingerprint density at radius 3 is 1.32 bits per heavy atom. The number of hydrogen-bond acceptors (Lipinski definition) is 3. The van der Waals surface area contributed by atoms with Gasteiger partial charge in [-0.1, -0.05) is 188 Å². The summed E-state index contributed by atoms with van der Waals surface area (Å²) in [4.78, 5) is 14.0. The third kappa shape index (κ3) is 10.5. The molecule has 0 aliphatic carbocycles. The van der Waals surface area contributed by atoms with Gasteiger partial charge < -0.3 is 0 Å². The second-order valence-corrected chi connectivity index (χ2v) is 18.4. The minimum absolute atomic E-state index is 0.924. The first-order chi connectivity index (χ1) is 35.1. The van der Waals surface area contributed by atoms with E-state index in [0.717, 1.165) is 65.0 Å². The molecule has 340 valence electrons. The average molecular weight is 912 g/mol. The second-order valence-electron chi connectivity index (χ2n) is 18.4. The number of rotatable bonds is 14. The van der Waals surface area contributed by atoms with Crippen LogP contribution < -0.4 is 0 Å². The fourth-order valence-corrected chi connectivity index (χ4v) is 9.73. The number of pyridine rings is 3. The molecule has 3 nitrogen and oxygen atoms in total. The summed E-state index contributed by atoms with van der Waals surface area (Å²) in [6.07, 6.45) is 9.34. The Hall–Kier alpha value is -8.79. The lowest BCUT2D eigenvalue weighted by molar-refractivity contribution is 0.931. The van der Waals surface area contributed by atoms with Crippen molar-refractivity contribution in [3.05, 3.63) is 283 Å². The van der Waals surface area contributed by atoms with E-state index in [4.69, 9.17) is 4.98 Å². The van der Waals surface area contributed by atoms with Crippen molar-refractivity contribution in [2.24, 2.45) is 0 Å². The van der Waals surface area contributed by atoms with Crippen LogP contribution in [0.15, 0.2) is 255 Å². The van der Waals surface area contributed by atoms with E-state index in [9.17, 15) is 0 Å². The Bertz CT molecular complexity index is 3440. The Kier molecular flexibility index (Phi) is 13.1. The minimum atomic E-state index is 0.924. The Morgan fingerprint density at radius 1 is 0.239 bits per heavy atom. The number of hydrogen-bond donors (Lipinski definition) is 0. The Morgan fingerprint density at radius 2 is 0.718 bits per heavy atom. The van der Waals surface area contributed by atoms with Gasteiger partial charge in [-0.25, -0.2) is 0 Å². The fourth-order valence-electron chi connectivity index (χ4n) is 9.73. The molecule has 0 aliphatic rings. The zero-order valence-corrected chi connectivity index (χ0v) is 39.9. The van der Waals surface area contributed by atoms with Crippen LogP contribution in [-0.4, -0.2) is 15.0 Å². The Balaban J connectivity index is 0.965. The van der Waals surface area contributed by atoms with E-state index in [0.29, 0.717) is 0 Å². The zero-order valence-electron chi connectivity index (χ0n) is 39.9. The normalized spacial score (nSPS) is 11.1. The van der Waals surface area contributed by atoms with Crippen LogP contribution in [0.4, 0.5) is 0 Å². The van der Waals surface area contributed by atoms with Crippen molar-refractivity contribution >= 4 is 0 Å². The van der Waals surface area contributed by atoms with Crippen molar-refractivity contribution in [2.45, 2.75) is 32.6 Å². The second kappa shape index (κ2) is 20.8. The maximum Gasteiger partial charge on any atom is 0.0704 e. The van der Waals surface area contributed by atoms with E-state index in [2.05, 4.69) is 229 Å². The summed E-state index contributed by atoms with van der Waals surface area (Å²) < 4.78 is 0. The number of benzene rings is 8. The predicted molar refractivity (Wildman–Crippen MR) is 296 cm³/mol. The highest BCUT2D eigenvalue weighted by molar-refractivity contribution is 5.94. The highest BCUT2D eigenvalue weighted by Gasteiger charge is 2.17. The molecule has 0 atom stereocenters. The summed E-state index contributed by atoms with van der Waals surface area (Å²) in [6, 6.07) is 85.8. The average Bonchev–Trinajstić information content (AvgIpc) is 3.45.